The highest BCUT2D eigenvalue weighted by molar-refractivity contribution is 6.17. The summed E-state index contributed by atoms with van der Waals surface area (Å²) in [7, 11) is 0. The molecule has 3 rings (SSSR count). The zero-order valence-corrected chi connectivity index (χ0v) is 18.9. The minimum Gasteiger partial charge on any atom is -0.319 e. The van der Waals surface area contributed by atoms with Crippen LogP contribution in [-0.4, -0.2) is 45.1 Å². The van der Waals surface area contributed by atoms with Crippen LogP contribution in [0.1, 0.15) is 63.6 Å². The van der Waals surface area contributed by atoms with Gasteiger partial charge in [0, 0.05) is 18.6 Å². The zero-order chi connectivity index (χ0) is 22.0. The molecule has 162 valence electrons. The molecule has 0 bridgehead atoms. The maximum absolute atomic E-state index is 13.8. The molecule has 2 aromatic rings. The van der Waals surface area contributed by atoms with Crippen LogP contribution in [0.2, 0.25) is 0 Å². The summed E-state index contributed by atoms with van der Waals surface area (Å²) in [6.45, 7) is 13.2. The number of fused-ring (bicyclic) bond motifs is 2. The van der Waals surface area contributed by atoms with E-state index in [4.69, 9.17) is 0 Å². The second kappa shape index (κ2) is 9.00. The second-order valence-electron chi connectivity index (χ2n) is 7.99. The molecule has 30 heavy (non-hydrogen) atoms. The highest BCUT2D eigenvalue weighted by Crippen LogP contribution is 2.39. The first-order valence-corrected chi connectivity index (χ1v) is 10.9. The van der Waals surface area contributed by atoms with Crippen molar-refractivity contribution in [2.24, 2.45) is 0 Å². The van der Waals surface area contributed by atoms with Crippen LogP contribution in [0.5, 0.6) is 0 Å². The van der Waals surface area contributed by atoms with Crippen LogP contribution in [0.15, 0.2) is 24.3 Å². The Bertz CT molecular complexity index is 926. The summed E-state index contributed by atoms with van der Waals surface area (Å²) >= 11 is 0. The molecule has 0 radical (unpaired) electrons. The van der Waals surface area contributed by atoms with Crippen LogP contribution >= 0.6 is 0 Å². The van der Waals surface area contributed by atoms with Gasteiger partial charge in [0.05, 0.1) is 23.6 Å². The zero-order valence-electron chi connectivity index (χ0n) is 18.9. The molecule has 0 spiro atoms. The smallest absolute Gasteiger partial charge is 0.276 e. The third-order valence-corrected chi connectivity index (χ3v) is 6.11. The third kappa shape index (κ3) is 3.86. The summed E-state index contributed by atoms with van der Waals surface area (Å²) in [5.41, 5.74) is 3.00. The van der Waals surface area contributed by atoms with Crippen LogP contribution in [0, 0.1) is 6.92 Å². The molecular formula is C23H33N5O2. The maximum atomic E-state index is 13.8. The Hall–Kier alpha value is -2.67. The van der Waals surface area contributed by atoms with Gasteiger partial charge >= 0.3 is 0 Å². The van der Waals surface area contributed by atoms with Crippen LogP contribution in [0.25, 0.3) is 0 Å². The molecule has 2 heterocycles. The fourth-order valence-corrected chi connectivity index (χ4v) is 4.07. The lowest BCUT2D eigenvalue weighted by Crippen LogP contribution is -2.46. The molecule has 0 fully saturated rings. The Morgan fingerprint density at radius 2 is 1.77 bits per heavy atom. The van der Waals surface area contributed by atoms with Gasteiger partial charge in [0.2, 0.25) is 5.91 Å². The summed E-state index contributed by atoms with van der Waals surface area (Å²) in [5, 5.41) is 7.50. The lowest BCUT2D eigenvalue weighted by molar-refractivity contribution is -0.120. The largest absolute Gasteiger partial charge is 0.319 e. The minimum atomic E-state index is -0.240. The van der Waals surface area contributed by atoms with E-state index >= 15 is 0 Å². The summed E-state index contributed by atoms with van der Waals surface area (Å²) < 4.78 is 1.67. The van der Waals surface area contributed by atoms with Crippen molar-refractivity contribution in [1.82, 2.24) is 14.7 Å². The quantitative estimate of drug-likeness (QED) is 0.736. The molecule has 0 aliphatic carbocycles. The molecule has 0 saturated carbocycles. The van der Waals surface area contributed by atoms with E-state index in [0.29, 0.717) is 35.0 Å². The van der Waals surface area contributed by atoms with Gasteiger partial charge < -0.3 is 5.32 Å². The molecule has 1 aromatic carbocycles. The van der Waals surface area contributed by atoms with Crippen molar-refractivity contribution in [3.05, 3.63) is 35.7 Å². The van der Waals surface area contributed by atoms with Crippen molar-refractivity contribution >= 4 is 28.9 Å². The molecule has 1 aliphatic heterocycles. The van der Waals surface area contributed by atoms with Crippen molar-refractivity contribution in [1.29, 1.82) is 0 Å². The number of nitrogens with one attached hydrogen (secondary N) is 1. The number of aryl methyl sites for hydroxylation is 2. The number of anilines is 3. The van der Waals surface area contributed by atoms with Gasteiger partial charge in [-0.15, -0.1) is 0 Å². The SMILES string of the molecule is CCC(C)N(CC(=O)N1c2ccccc2NC(=O)c2c1c(C)nn2CC)C(C)CC. The molecule has 1 N–H and O–H groups in total. The average molecular weight is 412 g/mol. The second-order valence-corrected chi connectivity index (χ2v) is 7.99. The molecule has 1 aliphatic rings. The first kappa shape index (κ1) is 22.0. The topological polar surface area (TPSA) is 70.5 Å². The van der Waals surface area contributed by atoms with E-state index in [1.54, 1.807) is 9.58 Å². The molecular weight excluding hydrogens is 378 g/mol. The molecule has 0 saturated heterocycles. The van der Waals surface area contributed by atoms with Gasteiger partial charge in [-0.3, -0.25) is 24.1 Å². The summed E-state index contributed by atoms with van der Waals surface area (Å²) in [6, 6.07) is 8.02. The van der Waals surface area contributed by atoms with E-state index in [9.17, 15) is 9.59 Å². The summed E-state index contributed by atoms with van der Waals surface area (Å²) in [6.07, 6.45) is 1.93. The van der Waals surface area contributed by atoms with Gasteiger partial charge in [0.25, 0.3) is 5.91 Å². The predicted molar refractivity (Wildman–Crippen MR) is 120 cm³/mol. The van der Waals surface area contributed by atoms with Crippen molar-refractivity contribution < 1.29 is 9.59 Å². The van der Waals surface area contributed by atoms with E-state index < -0.39 is 0 Å². The van der Waals surface area contributed by atoms with Gasteiger partial charge in [0.15, 0.2) is 5.69 Å². The average Bonchev–Trinajstić information content (AvgIpc) is 3.01. The molecule has 2 amide bonds. The number of rotatable bonds is 7. The van der Waals surface area contributed by atoms with Gasteiger partial charge in [-0.1, -0.05) is 26.0 Å². The monoisotopic (exact) mass is 411 g/mol. The van der Waals surface area contributed by atoms with Crippen molar-refractivity contribution in [2.75, 3.05) is 16.8 Å². The van der Waals surface area contributed by atoms with Crippen LogP contribution in [0.3, 0.4) is 0 Å². The third-order valence-electron chi connectivity index (χ3n) is 6.11. The van der Waals surface area contributed by atoms with E-state index in [-0.39, 0.29) is 30.4 Å². The Labute approximate surface area is 179 Å². The normalized spacial score (nSPS) is 15.3. The lowest BCUT2D eigenvalue weighted by atomic mass is 10.1. The standard InChI is InChI=1S/C23H33N5O2/c1-7-15(4)26(16(5)8-2)14-20(29)28-19-13-11-10-12-18(19)24-23(30)22-21(28)17(6)25-27(22)9-3/h10-13,15-16H,7-9,14H2,1-6H3,(H,24,30). The number of aromatic nitrogens is 2. The van der Waals surface area contributed by atoms with Crippen LogP contribution in [-0.2, 0) is 11.3 Å². The van der Waals surface area contributed by atoms with E-state index in [1.165, 1.54) is 0 Å². The van der Waals surface area contributed by atoms with Crippen molar-refractivity contribution in [3.63, 3.8) is 0 Å². The number of hydrogen-bond acceptors (Lipinski definition) is 4. The lowest BCUT2D eigenvalue weighted by Gasteiger charge is -2.35. The molecule has 2 atom stereocenters. The van der Waals surface area contributed by atoms with Crippen LogP contribution < -0.4 is 10.2 Å². The first-order chi connectivity index (χ1) is 14.3. The fourth-order valence-electron chi connectivity index (χ4n) is 4.07. The molecule has 2 unspecified atom stereocenters. The number of hydrogen-bond donors (Lipinski definition) is 1. The van der Waals surface area contributed by atoms with Crippen LogP contribution in [0.4, 0.5) is 17.1 Å². The number of benzene rings is 1. The number of amides is 2. The molecule has 1 aromatic heterocycles. The molecule has 7 heteroatoms. The van der Waals surface area contributed by atoms with E-state index in [1.807, 2.05) is 38.1 Å². The number of nitrogens with zero attached hydrogens (tertiary/aromatic N) is 4. The van der Waals surface area contributed by atoms with Gasteiger partial charge in [-0.25, -0.2) is 0 Å². The van der Waals surface area contributed by atoms with Gasteiger partial charge in [-0.2, -0.15) is 5.10 Å². The van der Waals surface area contributed by atoms with E-state index in [0.717, 1.165) is 12.8 Å². The fraction of sp³-hybridized carbons (Fsp3) is 0.522. The first-order valence-electron chi connectivity index (χ1n) is 10.9. The number of para-hydroxylation sites is 2. The van der Waals surface area contributed by atoms with Crippen molar-refractivity contribution in [3.8, 4) is 0 Å². The van der Waals surface area contributed by atoms with Crippen molar-refractivity contribution in [2.45, 2.75) is 73.0 Å². The number of carbonyl (C=O) groups excluding carboxylic acids is 2. The summed E-state index contributed by atoms with van der Waals surface area (Å²) in [4.78, 5) is 30.8. The minimum absolute atomic E-state index is 0.0560. The Kier molecular flexibility index (Phi) is 6.61. The summed E-state index contributed by atoms with van der Waals surface area (Å²) in [5.74, 6) is -0.296. The Balaban J connectivity index is 2.13. The van der Waals surface area contributed by atoms with E-state index in [2.05, 4.69) is 43.0 Å². The number of carbonyl (C=O) groups is 2. The predicted octanol–water partition coefficient (Wildman–Crippen LogP) is 4.34. The van der Waals surface area contributed by atoms with Gasteiger partial charge in [0.1, 0.15) is 5.69 Å². The molecule has 7 nitrogen and oxygen atoms in total. The highest BCUT2D eigenvalue weighted by atomic mass is 16.2. The Morgan fingerprint density at radius 3 is 2.37 bits per heavy atom. The maximum Gasteiger partial charge on any atom is 0.276 e. The van der Waals surface area contributed by atoms with Gasteiger partial charge in [-0.05, 0) is 52.7 Å². The highest BCUT2D eigenvalue weighted by Gasteiger charge is 2.35. The Morgan fingerprint density at radius 1 is 1.13 bits per heavy atom.